The third kappa shape index (κ3) is 3.34. The number of H-pyrrole nitrogens is 2. The fourth-order valence-electron chi connectivity index (χ4n) is 0.944. The fraction of sp³-hybridized carbons (Fsp3) is 0.500. The summed E-state index contributed by atoms with van der Waals surface area (Å²) >= 11 is 0. The van der Waals surface area contributed by atoms with E-state index in [9.17, 15) is 9.59 Å². The van der Waals surface area contributed by atoms with Crippen LogP contribution in [0.25, 0.3) is 0 Å². The van der Waals surface area contributed by atoms with Crippen molar-refractivity contribution in [1.29, 1.82) is 0 Å². The van der Waals surface area contributed by atoms with Gasteiger partial charge in [0.15, 0.2) is 0 Å². The molecule has 0 aliphatic heterocycles. The van der Waals surface area contributed by atoms with Gasteiger partial charge in [-0.3, -0.25) is 9.89 Å². The van der Waals surface area contributed by atoms with Gasteiger partial charge in [-0.15, -0.1) is 0 Å². The molecule has 6 heteroatoms. The number of aromatic nitrogens is 2. The second-order valence-corrected chi connectivity index (χ2v) is 2.89. The van der Waals surface area contributed by atoms with Gasteiger partial charge in [-0.1, -0.05) is 6.92 Å². The maximum absolute atomic E-state index is 11.1. The van der Waals surface area contributed by atoms with Crippen LogP contribution in [0, 0.1) is 0 Å². The lowest BCUT2D eigenvalue weighted by atomic mass is 10.4. The average molecular weight is 198 g/mol. The van der Waals surface area contributed by atoms with Gasteiger partial charge in [-0.2, -0.15) is 0 Å². The standard InChI is InChI=1S/C8H14N4O2/c1-2-3-9-8(14)10-5-6-4-7(13)12-11-6/h4H,2-3,5H2,1H3,(H2,9,10,14)(H2,11,12,13). The van der Waals surface area contributed by atoms with Gasteiger partial charge in [0, 0.05) is 12.6 Å². The summed E-state index contributed by atoms with van der Waals surface area (Å²) < 4.78 is 0. The molecule has 0 fully saturated rings. The zero-order valence-electron chi connectivity index (χ0n) is 8.02. The molecule has 1 heterocycles. The van der Waals surface area contributed by atoms with Crippen molar-refractivity contribution >= 4 is 6.03 Å². The van der Waals surface area contributed by atoms with Crippen LogP contribution in [0.4, 0.5) is 4.79 Å². The first kappa shape index (κ1) is 10.4. The molecule has 0 radical (unpaired) electrons. The minimum Gasteiger partial charge on any atom is -0.338 e. The Morgan fingerprint density at radius 1 is 1.43 bits per heavy atom. The van der Waals surface area contributed by atoms with Crippen molar-refractivity contribution in [3.63, 3.8) is 0 Å². The summed E-state index contributed by atoms with van der Waals surface area (Å²) in [5.74, 6) is 0. The van der Waals surface area contributed by atoms with Gasteiger partial charge in [0.05, 0.1) is 12.2 Å². The molecule has 0 aliphatic rings. The predicted octanol–water partition coefficient (Wildman–Crippen LogP) is -0.0878. The normalized spacial score (nSPS) is 9.79. The average Bonchev–Trinajstić information content (AvgIpc) is 2.58. The zero-order valence-corrected chi connectivity index (χ0v) is 8.02. The van der Waals surface area contributed by atoms with Crippen molar-refractivity contribution < 1.29 is 4.79 Å². The fourth-order valence-corrected chi connectivity index (χ4v) is 0.944. The van der Waals surface area contributed by atoms with Crippen molar-refractivity contribution in [2.75, 3.05) is 6.54 Å². The molecule has 1 aromatic heterocycles. The first-order valence-corrected chi connectivity index (χ1v) is 4.50. The van der Waals surface area contributed by atoms with E-state index in [0.717, 1.165) is 6.42 Å². The number of aromatic amines is 2. The number of carbonyl (C=O) groups excluding carboxylic acids is 1. The van der Waals surface area contributed by atoms with Crippen molar-refractivity contribution in [3.05, 3.63) is 22.1 Å². The topological polar surface area (TPSA) is 89.8 Å². The molecule has 14 heavy (non-hydrogen) atoms. The Bertz CT molecular complexity index is 341. The molecule has 0 aliphatic carbocycles. The minimum absolute atomic E-state index is 0.198. The van der Waals surface area contributed by atoms with Gasteiger partial charge in [0.25, 0.3) is 5.56 Å². The summed E-state index contributed by atoms with van der Waals surface area (Å²) in [6.07, 6.45) is 0.897. The predicted molar refractivity (Wildman–Crippen MR) is 51.9 cm³/mol. The number of rotatable bonds is 4. The van der Waals surface area contributed by atoms with E-state index in [1.807, 2.05) is 6.92 Å². The van der Waals surface area contributed by atoms with E-state index in [-0.39, 0.29) is 11.6 Å². The quantitative estimate of drug-likeness (QED) is 0.544. The first-order valence-electron chi connectivity index (χ1n) is 4.50. The molecule has 4 N–H and O–H groups in total. The third-order valence-corrected chi connectivity index (χ3v) is 1.63. The molecule has 6 nitrogen and oxygen atoms in total. The van der Waals surface area contributed by atoms with Crippen molar-refractivity contribution in [1.82, 2.24) is 20.8 Å². The number of carbonyl (C=O) groups is 1. The van der Waals surface area contributed by atoms with E-state index in [4.69, 9.17) is 0 Å². The number of nitrogens with one attached hydrogen (secondary N) is 4. The van der Waals surface area contributed by atoms with Gasteiger partial charge < -0.3 is 15.7 Å². The van der Waals surface area contributed by atoms with E-state index in [1.165, 1.54) is 6.07 Å². The van der Waals surface area contributed by atoms with Crippen LogP contribution in [0.15, 0.2) is 10.9 Å². The molecule has 0 aromatic carbocycles. The lowest BCUT2D eigenvalue weighted by Crippen LogP contribution is -2.35. The number of amides is 2. The Balaban J connectivity index is 2.27. The maximum atomic E-state index is 11.1. The Labute approximate surface area is 81.1 Å². The highest BCUT2D eigenvalue weighted by atomic mass is 16.2. The molecule has 78 valence electrons. The summed E-state index contributed by atoms with van der Waals surface area (Å²) in [6, 6.07) is 1.18. The van der Waals surface area contributed by atoms with E-state index < -0.39 is 0 Å². The van der Waals surface area contributed by atoms with Crippen LogP contribution < -0.4 is 16.2 Å². The van der Waals surface area contributed by atoms with Crippen LogP contribution in [-0.2, 0) is 6.54 Å². The van der Waals surface area contributed by atoms with Crippen molar-refractivity contribution in [3.8, 4) is 0 Å². The lowest BCUT2D eigenvalue weighted by Gasteiger charge is -2.04. The summed E-state index contributed by atoms with van der Waals surface area (Å²) in [5, 5.41) is 10.3. The summed E-state index contributed by atoms with van der Waals surface area (Å²) in [6.45, 7) is 2.94. The zero-order chi connectivity index (χ0) is 10.4. The summed E-state index contributed by atoms with van der Waals surface area (Å²) in [7, 11) is 0. The molecule has 1 rings (SSSR count). The molecule has 0 unspecified atom stereocenters. The molecule has 0 bridgehead atoms. The van der Waals surface area contributed by atoms with Crippen molar-refractivity contribution in [2.24, 2.45) is 0 Å². The Morgan fingerprint density at radius 2 is 2.21 bits per heavy atom. The SMILES string of the molecule is CCCNC(=O)NCc1cc(=O)[nH][nH]1. The van der Waals surface area contributed by atoms with Crippen LogP contribution in [0.1, 0.15) is 19.0 Å². The number of hydrogen-bond acceptors (Lipinski definition) is 2. The molecular formula is C8H14N4O2. The highest BCUT2D eigenvalue weighted by molar-refractivity contribution is 5.73. The highest BCUT2D eigenvalue weighted by Crippen LogP contribution is 1.85. The van der Waals surface area contributed by atoms with Gasteiger partial charge in [-0.25, -0.2) is 4.79 Å². The van der Waals surface area contributed by atoms with Crippen molar-refractivity contribution in [2.45, 2.75) is 19.9 Å². The maximum Gasteiger partial charge on any atom is 0.315 e. The Kier molecular flexibility index (Phi) is 3.78. The first-order chi connectivity index (χ1) is 6.72. The molecule has 0 atom stereocenters. The smallest absolute Gasteiger partial charge is 0.315 e. The molecule has 1 aromatic rings. The van der Waals surface area contributed by atoms with Crippen LogP contribution in [0.5, 0.6) is 0 Å². The second kappa shape index (κ2) is 5.11. The monoisotopic (exact) mass is 198 g/mol. The largest absolute Gasteiger partial charge is 0.338 e. The molecule has 2 amide bonds. The van der Waals surface area contributed by atoms with E-state index >= 15 is 0 Å². The summed E-state index contributed by atoms with van der Waals surface area (Å²) in [5.41, 5.74) is 0.456. The third-order valence-electron chi connectivity index (χ3n) is 1.63. The molecule has 0 saturated carbocycles. The second-order valence-electron chi connectivity index (χ2n) is 2.89. The van der Waals surface area contributed by atoms with E-state index in [0.29, 0.717) is 18.8 Å². The van der Waals surface area contributed by atoms with Crippen LogP contribution >= 0.6 is 0 Å². The van der Waals surface area contributed by atoms with Gasteiger partial charge in [-0.05, 0) is 6.42 Å². The number of urea groups is 1. The molecule has 0 saturated heterocycles. The van der Waals surface area contributed by atoms with Gasteiger partial charge >= 0.3 is 6.03 Å². The van der Waals surface area contributed by atoms with Gasteiger partial charge in [0.2, 0.25) is 0 Å². The Hall–Kier alpha value is -1.72. The van der Waals surface area contributed by atoms with E-state index in [1.54, 1.807) is 0 Å². The Morgan fingerprint density at radius 3 is 2.79 bits per heavy atom. The highest BCUT2D eigenvalue weighted by Gasteiger charge is 1.99. The van der Waals surface area contributed by atoms with E-state index in [2.05, 4.69) is 20.8 Å². The molecular weight excluding hydrogens is 184 g/mol. The molecule has 0 spiro atoms. The van der Waals surface area contributed by atoms with Gasteiger partial charge in [0.1, 0.15) is 0 Å². The number of hydrogen-bond donors (Lipinski definition) is 4. The lowest BCUT2D eigenvalue weighted by molar-refractivity contribution is 0.240. The van der Waals surface area contributed by atoms with Crippen LogP contribution in [0.2, 0.25) is 0 Å². The summed E-state index contributed by atoms with van der Waals surface area (Å²) in [4.78, 5) is 21.7. The van der Waals surface area contributed by atoms with Crippen LogP contribution in [0.3, 0.4) is 0 Å². The van der Waals surface area contributed by atoms with Crippen LogP contribution in [-0.4, -0.2) is 22.8 Å². The minimum atomic E-state index is -0.228.